The Morgan fingerprint density at radius 1 is 0.889 bits per heavy atom. The highest BCUT2D eigenvalue weighted by molar-refractivity contribution is 5.75. The van der Waals surface area contributed by atoms with E-state index >= 15 is 0 Å². The van der Waals surface area contributed by atoms with E-state index < -0.39 is 0 Å². The number of hydrogen-bond donors (Lipinski definition) is 0. The van der Waals surface area contributed by atoms with E-state index in [4.69, 9.17) is 9.47 Å². The van der Waals surface area contributed by atoms with Crippen molar-refractivity contribution in [3.05, 3.63) is 29.8 Å². The first kappa shape index (κ1) is 18.8. The Bertz CT molecular complexity index is 599. The van der Waals surface area contributed by atoms with E-state index in [0.717, 1.165) is 35.8 Å². The number of methoxy groups -OCH3 is 1. The molecule has 1 aliphatic heterocycles. The predicted octanol–water partition coefficient (Wildman–Crippen LogP) is 5.87. The largest absolute Gasteiger partial charge is 0.497 e. The van der Waals surface area contributed by atoms with E-state index in [1.807, 2.05) is 0 Å². The molecule has 1 atom stereocenters. The molecule has 2 saturated carbocycles. The normalized spacial score (nSPS) is 33.8. The molecule has 0 aromatic heterocycles. The summed E-state index contributed by atoms with van der Waals surface area (Å²) >= 11 is 0. The van der Waals surface area contributed by atoms with E-state index in [1.165, 1.54) is 63.4 Å². The van der Waals surface area contributed by atoms with Crippen LogP contribution in [0.1, 0.15) is 82.1 Å². The molecule has 3 fully saturated rings. The molecule has 0 N–H and O–H groups in total. The highest BCUT2D eigenvalue weighted by atomic mass is 16.6. The Morgan fingerprint density at radius 3 is 2.04 bits per heavy atom. The van der Waals surface area contributed by atoms with E-state index in [1.54, 1.807) is 7.11 Å². The number of esters is 1. The maximum atomic E-state index is 10.9. The quantitative estimate of drug-likeness (QED) is 0.587. The van der Waals surface area contributed by atoms with Gasteiger partial charge in [0, 0.05) is 0 Å². The smallest absolute Gasteiger partial charge is 0.309 e. The van der Waals surface area contributed by atoms with Gasteiger partial charge in [-0.3, -0.25) is 4.79 Å². The maximum Gasteiger partial charge on any atom is 0.309 e. The number of carbonyl (C=O) groups is 1. The van der Waals surface area contributed by atoms with E-state index in [9.17, 15) is 4.79 Å². The van der Waals surface area contributed by atoms with Gasteiger partial charge < -0.3 is 9.47 Å². The molecular formula is C24H34O3. The molecule has 1 heterocycles. The fourth-order valence-corrected chi connectivity index (χ4v) is 5.69. The lowest BCUT2D eigenvalue weighted by Gasteiger charge is -2.38. The van der Waals surface area contributed by atoms with Crippen LogP contribution in [0.15, 0.2) is 24.3 Å². The Balaban J connectivity index is 1.17. The third-order valence-corrected chi connectivity index (χ3v) is 7.51. The minimum Gasteiger partial charge on any atom is -0.497 e. The van der Waals surface area contributed by atoms with Gasteiger partial charge in [-0.2, -0.15) is 0 Å². The van der Waals surface area contributed by atoms with Crippen molar-refractivity contribution in [2.45, 2.75) is 82.7 Å². The number of rotatable bonds is 6. The average Bonchev–Trinajstić information content (AvgIpc) is 2.71. The summed E-state index contributed by atoms with van der Waals surface area (Å²) in [5.74, 6) is 4.48. The number of ether oxygens (including phenoxy) is 2. The molecule has 1 saturated heterocycles. The molecule has 2 aliphatic carbocycles. The van der Waals surface area contributed by atoms with Crippen LogP contribution in [0.25, 0.3) is 0 Å². The summed E-state index contributed by atoms with van der Waals surface area (Å²) in [5, 5.41) is 0. The van der Waals surface area contributed by atoms with Gasteiger partial charge >= 0.3 is 5.97 Å². The predicted molar refractivity (Wildman–Crippen MR) is 107 cm³/mol. The van der Waals surface area contributed by atoms with Gasteiger partial charge in [0.05, 0.1) is 13.5 Å². The zero-order valence-electron chi connectivity index (χ0n) is 16.7. The molecule has 3 heteroatoms. The van der Waals surface area contributed by atoms with E-state index in [0.29, 0.717) is 6.42 Å². The third kappa shape index (κ3) is 4.67. The summed E-state index contributed by atoms with van der Waals surface area (Å²) in [7, 11) is 1.73. The average molecular weight is 371 g/mol. The zero-order valence-corrected chi connectivity index (χ0v) is 16.7. The van der Waals surface area contributed by atoms with Crippen molar-refractivity contribution in [2.24, 2.45) is 17.8 Å². The van der Waals surface area contributed by atoms with Crippen molar-refractivity contribution in [1.29, 1.82) is 0 Å². The van der Waals surface area contributed by atoms with Crippen molar-refractivity contribution in [2.75, 3.05) is 7.11 Å². The van der Waals surface area contributed by atoms with E-state index in [-0.39, 0.29) is 12.1 Å². The number of cyclic esters (lactones) is 1. The Labute approximate surface area is 163 Å². The fraction of sp³-hybridized carbons (Fsp3) is 0.708. The summed E-state index contributed by atoms with van der Waals surface area (Å²) in [6.07, 6.45) is 14.4. The second kappa shape index (κ2) is 8.67. The van der Waals surface area contributed by atoms with Crippen LogP contribution in [0.2, 0.25) is 0 Å². The van der Waals surface area contributed by atoms with Crippen molar-refractivity contribution < 1.29 is 14.3 Å². The molecule has 1 aromatic carbocycles. The molecule has 0 radical (unpaired) electrons. The van der Waals surface area contributed by atoms with Crippen LogP contribution < -0.4 is 4.74 Å². The first-order chi connectivity index (χ1) is 13.2. The van der Waals surface area contributed by atoms with E-state index in [2.05, 4.69) is 24.3 Å². The summed E-state index contributed by atoms with van der Waals surface area (Å²) in [5.41, 5.74) is 1.50. The molecule has 0 amide bonds. The zero-order chi connectivity index (χ0) is 18.6. The van der Waals surface area contributed by atoms with Crippen LogP contribution in [-0.4, -0.2) is 19.2 Å². The highest BCUT2D eigenvalue weighted by Gasteiger charge is 2.33. The molecule has 0 spiro atoms. The standard InChI is InChI=1S/C24H34O3/c1-26-22-14-11-21(12-15-22)20-9-7-19(8-10-20)18-5-2-17(3-6-18)4-13-23-16-24(25)27-23/h11-12,14-15,17-20,23H,2-10,13,16H2,1H3. The van der Waals surface area contributed by atoms with Gasteiger partial charge in [0.15, 0.2) is 0 Å². The number of benzene rings is 1. The molecule has 148 valence electrons. The first-order valence-corrected chi connectivity index (χ1v) is 11.0. The second-order valence-electron chi connectivity index (χ2n) is 9.06. The lowest BCUT2D eigenvalue weighted by Crippen LogP contribution is -2.33. The summed E-state index contributed by atoms with van der Waals surface area (Å²) in [6, 6.07) is 8.73. The van der Waals surface area contributed by atoms with Crippen LogP contribution in [0.3, 0.4) is 0 Å². The van der Waals surface area contributed by atoms with Crippen LogP contribution >= 0.6 is 0 Å². The van der Waals surface area contributed by atoms with Crippen molar-refractivity contribution >= 4 is 5.97 Å². The number of carbonyl (C=O) groups excluding carboxylic acids is 1. The van der Waals surface area contributed by atoms with Gasteiger partial charge in [0.2, 0.25) is 0 Å². The molecule has 1 unspecified atom stereocenters. The van der Waals surface area contributed by atoms with Gasteiger partial charge in [-0.1, -0.05) is 25.0 Å². The minimum atomic E-state index is -0.00560. The van der Waals surface area contributed by atoms with Gasteiger partial charge in [0.25, 0.3) is 0 Å². The summed E-state index contributed by atoms with van der Waals surface area (Å²) in [6.45, 7) is 0. The van der Waals surface area contributed by atoms with Crippen molar-refractivity contribution in [3.8, 4) is 5.75 Å². The van der Waals surface area contributed by atoms with Crippen molar-refractivity contribution in [3.63, 3.8) is 0 Å². The molecule has 4 rings (SSSR count). The number of hydrogen-bond acceptors (Lipinski definition) is 3. The van der Waals surface area contributed by atoms with Crippen LogP contribution in [0.5, 0.6) is 5.75 Å². The summed E-state index contributed by atoms with van der Waals surface area (Å²) in [4.78, 5) is 10.9. The maximum absolute atomic E-state index is 10.9. The lowest BCUT2D eigenvalue weighted by atomic mass is 9.68. The fourth-order valence-electron chi connectivity index (χ4n) is 5.69. The van der Waals surface area contributed by atoms with Gasteiger partial charge in [-0.25, -0.2) is 0 Å². The Morgan fingerprint density at radius 2 is 1.48 bits per heavy atom. The second-order valence-corrected chi connectivity index (χ2v) is 9.06. The Kier molecular flexibility index (Phi) is 6.04. The third-order valence-electron chi connectivity index (χ3n) is 7.51. The van der Waals surface area contributed by atoms with Crippen LogP contribution in [0.4, 0.5) is 0 Å². The molecule has 0 bridgehead atoms. The van der Waals surface area contributed by atoms with Gasteiger partial charge in [0.1, 0.15) is 11.9 Å². The lowest BCUT2D eigenvalue weighted by molar-refractivity contribution is -0.170. The van der Waals surface area contributed by atoms with Crippen LogP contribution in [-0.2, 0) is 9.53 Å². The summed E-state index contributed by atoms with van der Waals surface area (Å²) < 4.78 is 10.4. The monoisotopic (exact) mass is 370 g/mol. The molecule has 27 heavy (non-hydrogen) atoms. The molecule has 1 aromatic rings. The minimum absolute atomic E-state index is 0.00560. The van der Waals surface area contributed by atoms with Crippen molar-refractivity contribution in [1.82, 2.24) is 0 Å². The first-order valence-electron chi connectivity index (χ1n) is 11.0. The highest BCUT2D eigenvalue weighted by Crippen LogP contribution is 2.44. The topological polar surface area (TPSA) is 35.5 Å². The van der Waals surface area contributed by atoms with Gasteiger partial charge in [-0.15, -0.1) is 0 Å². The SMILES string of the molecule is COc1ccc(C2CCC(C3CCC(CCC4CC(=O)O4)CC3)CC2)cc1. The molecular weight excluding hydrogens is 336 g/mol. The molecule has 3 nitrogen and oxygen atoms in total. The van der Waals surface area contributed by atoms with Gasteiger partial charge in [-0.05, 0) is 92.7 Å². The van der Waals surface area contributed by atoms with Crippen LogP contribution in [0, 0.1) is 17.8 Å². The Hall–Kier alpha value is -1.51. The molecule has 3 aliphatic rings.